The average Bonchev–Trinajstić information content (AvgIpc) is 2.97. The minimum atomic E-state index is -0.146. The predicted octanol–water partition coefficient (Wildman–Crippen LogP) is 3.28. The van der Waals surface area contributed by atoms with Crippen LogP contribution in [0.2, 0.25) is 0 Å². The molecule has 0 unspecified atom stereocenters. The lowest BCUT2D eigenvalue weighted by Crippen LogP contribution is -2.35. The number of nitrogens with zero attached hydrogens (tertiary/aromatic N) is 2. The lowest BCUT2D eigenvalue weighted by Gasteiger charge is -2.24. The van der Waals surface area contributed by atoms with Crippen LogP contribution in [0.25, 0.3) is 11.3 Å². The van der Waals surface area contributed by atoms with E-state index in [0.717, 1.165) is 11.3 Å². The number of aromatic nitrogens is 1. The molecular weight excluding hydrogens is 294 g/mol. The van der Waals surface area contributed by atoms with E-state index >= 15 is 0 Å². The van der Waals surface area contributed by atoms with Gasteiger partial charge in [0.25, 0.3) is 0 Å². The lowest BCUT2D eigenvalue weighted by molar-refractivity contribution is 0.152. The van der Waals surface area contributed by atoms with E-state index in [-0.39, 0.29) is 6.03 Å². The first-order valence-electron chi connectivity index (χ1n) is 6.13. The number of benzene rings is 1. The number of thiazole rings is 1. The van der Waals surface area contributed by atoms with Crippen LogP contribution >= 0.6 is 23.3 Å². The van der Waals surface area contributed by atoms with Crippen LogP contribution in [0.3, 0.4) is 0 Å². The van der Waals surface area contributed by atoms with Gasteiger partial charge in [-0.25, -0.2) is 9.78 Å². The van der Waals surface area contributed by atoms with Gasteiger partial charge in [-0.15, -0.1) is 11.3 Å². The van der Waals surface area contributed by atoms with Crippen LogP contribution in [0.15, 0.2) is 35.7 Å². The van der Waals surface area contributed by atoms with Crippen molar-refractivity contribution < 1.29 is 9.53 Å². The van der Waals surface area contributed by atoms with Crippen molar-refractivity contribution in [3.05, 3.63) is 35.7 Å². The molecule has 2 aromatic rings. The molecule has 1 aromatic heterocycles. The fourth-order valence-corrected chi connectivity index (χ4v) is 3.15. The van der Waals surface area contributed by atoms with Gasteiger partial charge in [0.05, 0.1) is 18.8 Å². The molecule has 20 heavy (non-hydrogen) atoms. The van der Waals surface area contributed by atoms with Crippen LogP contribution in [-0.4, -0.2) is 34.4 Å². The summed E-state index contributed by atoms with van der Waals surface area (Å²) in [7, 11) is 0. The highest BCUT2D eigenvalue weighted by atomic mass is 32.2. The van der Waals surface area contributed by atoms with Gasteiger partial charge in [-0.2, -0.15) is 0 Å². The van der Waals surface area contributed by atoms with Crippen LogP contribution in [0.1, 0.15) is 0 Å². The van der Waals surface area contributed by atoms with Crippen molar-refractivity contribution in [1.82, 2.24) is 9.29 Å². The van der Waals surface area contributed by atoms with Gasteiger partial charge in [0.15, 0.2) is 5.13 Å². The van der Waals surface area contributed by atoms with Crippen molar-refractivity contribution in [2.75, 3.05) is 24.4 Å². The van der Waals surface area contributed by atoms with Crippen LogP contribution in [-0.2, 0) is 4.74 Å². The first-order chi connectivity index (χ1) is 9.83. The Morgan fingerprint density at radius 1 is 1.35 bits per heavy atom. The van der Waals surface area contributed by atoms with Gasteiger partial charge in [0.1, 0.15) is 5.94 Å². The van der Waals surface area contributed by atoms with Crippen molar-refractivity contribution in [3.8, 4) is 11.3 Å². The first-order valence-corrected chi connectivity index (χ1v) is 7.95. The third-order valence-corrected chi connectivity index (χ3v) is 4.43. The second-order valence-corrected chi connectivity index (χ2v) is 5.88. The lowest BCUT2D eigenvalue weighted by atomic mass is 10.2. The molecule has 1 aliphatic rings. The normalized spacial score (nSPS) is 15.1. The molecule has 5 nitrogen and oxygen atoms in total. The Kier molecular flexibility index (Phi) is 4.19. The molecule has 0 radical (unpaired) electrons. The predicted molar refractivity (Wildman–Crippen MR) is 81.7 cm³/mol. The van der Waals surface area contributed by atoms with Crippen LogP contribution in [0, 0.1) is 0 Å². The maximum atomic E-state index is 12.0. The number of hydrogen-bond donors (Lipinski definition) is 1. The molecule has 0 saturated carbocycles. The largest absolute Gasteiger partial charge is 0.367 e. The van der Waals surface area contributed by atoms with E-state index < -0.39 is 0 Å². The fraction of sp³-hybridized carbons (Fsp3) is 0.231. The van der Waals surface area contributed by atoms with E-state index in [1.165, 1.54) is 23.3 Å². The zero-order chi connectivity index (χ0) is 13.8. The first kappa shape index (κ1) is 13.4. The highest BCUT2D eigenvalue weighted by Crippen LogP contribution is 2.25. The zero-order valence-electron chi connectivity index (χ0n) is 10.6. The summed E-state index contributed by atoms with van der Waals surface area (Å²) in [6.45, 7) is 1.17. The Hall–Kier alpha value is -1.57. The van der Waals surface area contributed by atoms with Gasteiger partial charge in [0, 0.05) is 10.9 Å². The van der Waals surface area contributed by atoms with Gasteiger partial charge in [-0.1, -0.05) is 30.3 Å². The number of nitrogens with one attached hydrogen (secondary N) is 1. The molecule has 0 bridgehead atoms. The number of urea groups is 1. The van der Waals surface area contributed by atoms with Gasteiger partial charge in [-0.3, -0.25) is 9.62 Å². The summed E-state index contributed by atoms with van der Waals surface area (Å²) in [4.78, 5) is 16.5. The summed E-state index contributed by atoms with van der Waals surface area (Å²) in [6.07, 6.45) is 0. The number of carbonyl (C=O) groups excluding carboxylic acids is 1. The monoisotopic (exact) mass is 307 g/mol. The molecule has 2 heterocycles. The van der Waals surface area contributed by atoms with Crippen LogP contribution in [0.4, 0.5) is 9.93 Å². The molecule has 1 aliphatic heterocycles. The van der Waals surface area contributed by atoms with Crippen LogP contribution < -0.4 is 5.32 Å². The molecule has 1 saturated heterocycles. The molecular formula is C13H13N3O2S2. The highest BCUT2D eigenvalue weighted by Gasteiger charge is 2.19. The SMILES string of the molecule is O=C(Nc1nc(-c2ccccc2)cs1)N1CCOCS1. The highest BCUT2D eigenvalue weighted by molar-refractivity contribution is 7.97. The standard InChI is InChI=1S/C13H13N3O2S2/c17-13(16-6-7-18-9-20-16)15-12-14-11(8-19-12)10-4-2-1-3-5-10/h1-5,8H,6-7,9H2,(H,14,15,17). The quantitative estimate of drug-likeness (QED) is 0.865. The molecule has 1 fully saturated rings. The molecule has 0 atom stereocenters. The second-order valence-electron chi connectivity index (χ2n) is 4.09. The second kappa shape index (κ2) is 6.25. The third kappa shape index (κ3) is 3.12. The molecule has 1 N–H and O–H groups in total. The van der Waals surface area contributed by atoms with Gasteiger partial charge < -0.3 is 4.74 Å². The Bertz CT molecular complexity index is 582. The number of hydrogen-bond acceptors (Lipinski definition) is 5. The molecule has 3 rings (SSSR count). The Labute approximate surface area is 125 Å². The van der Waals surface area contributed by atoms with E-state index in [9.17, 15) is 4.79 Å². The van der Waals surface area contributed by atoms with E-state index in [1.807, 2.05) is 35.7 Å². The van der Waals surface area contributed by atoms with E-state index in [0.29, 0.717) is 24.2 Å². The zero-order valence-corrected chi connectivity index (χ0v) is 12.2. The number of anilines is 1. The van der Waals surface area contributed by atoms with Gasteiger partial charge in [-0.05, 0) is 11.9 Å². The third-order valence-electron chi connectivity index (χ3n) is 2.74. The maximum absolute atomic E-state index is 12.0. The van der Waals surface area contributed by atoms with Crippen molar-refractivity contribution >= 4 is 34.4 Å². The van der Waals surface area contributed by atoms with Crippen molar-refractivity contribution in [2.45, 2.75) is 0 Å². The van der Waals surface area contributed by atoms with Crippen molar-refractivity contribution in [3.63, 3.8) is 0 Å². The minimum absolute atomic E-state index is 0.146. The molecule has 1 aromatic carbocycles. The topological polar surface area (TPSA) is 54.5 Å². The summed E-state index contributed by atoms with van der Waals surface area (Å²) in [5.74, 6) is 0.514. The Morgan fingerprint density at radius 3 is 2.95 bits per heavy atom. The van der Waals surface area contributed by atoms with Crippen molar-refractivity contribution in [2.24, 2.45) is 0 Å². The fourth-order valence-electron chi connectivity index (χ4n) is 1.76. The molecule has 0 spiro atoms. The Morgan fingerprint density at radius 2 is 2.20 bits per heavy atom. The summed E-state index contributed by atoms with van der Waals surface area (Å²) in [5.41, 5.74) is 1.92. The summed E-state index contributed by atoms with van der Waals surface area (Å²) >= 11 is 2.80. The number of carbonyl (C=O) groups is 1. The average molecular weight is 307 g/mol. The smallest absolute Gasteiger partial charge is 0.333 e. The molecule has 7 heteroatoms. The van der Waals surface area contributed by atoms with E-state index in [1.54, 1.807) is 4.31 Å². The maximum Gasteiger partial charge on any atom is 0.333 e. The number of amides is 2. The van der Waals surface area contributed by atoms with Gasteiger partial charge >= 0.3 is 6.03 Å². The Balaban J connectivity index is 1.66. The number of rotatable bonds is 2. The number of ether oxygens (including phenoxy) is 1. The molecule has 0 aliphatic carbocycles. The van der Waals surface area contributed by atoms with Gasteiger partial charge in [0.2, 0.25) is 0 Å². The van der Waals surface area contributed by atoms with Crippen molar-refractivity contribution in [1.29, 1.82) is 0 Å². The molecule has 2 amide bonds. The minimum Gasteiger partial charge on any atom is -0.367 e. The summed E-state index contributed by atoms with van der Waals surface area (Å²) < 4.78 is 6.85. The van der Waals surface area contributed by atoms with E-state index in [4.69, 9.17) is 4.74 Å². The summed E-state index contributed by atoms with van der Waals surface area (Å²) in [6, 6.07) is 9.76. The summed E-state index contributed by atoms with van der Waals surface area (Å²) in [5, 5.41) is 5.37. The molecule has 104 valence electrons. The van der Waals surface area contributed by atoms with E-state index in [2.05, 4.69) is 10.3 Å². The van der Waals surface area contributed by atoms with Crippen LogP contribution in [0.5, 0.6) is 0 Å².